The van der Waals surface area contributed by atoms with Gasteiger partial charge >= 0.3 is 0 Å². The third kappa shape index (κ3) is 7.56. The number of hydrogen-bond donors (Lipinski definition) is 2. The third-order valence-corrected chi connectivity index (χ3v) is 6.16. The van der Waals surface area contributed by atoms with Crippen LogP contribution in [0, 0.1) is 0 Å². The molecule has 9 heteroatoms. The van der Waals surface area contributed by atoms with Crippen molar-refractivity contribution in [2.24, 2.45) is 0 Å². The zero-order valence-electron chi connectivity index (χ0n) is 17.9. The van der Waals surface area contributed by atoms with Crippen molar-refractivity contribution >= 4 is 44.8 Å². The zero-order chi connectivity index (χ0) is 23.0. The summed E-state index contributed by atoms with van der Waals surface area (Å²) in [5, 5.41) is 6.15. The minimum Gasteiger partial charge on any atom is -0.350 e. The fourth-order valence-electron chi connectivity index (χ4n) is 2.88. The van der Waals surface area contributed by atoms with E-state index in [0.717, 1.165) is 12.7 Å². The molecule has 7 nitrogen and oxygen atoms in total. The summed E-state index contributed by atoms with van der Waals surface area (Å²) in [6, 6.07) is 13.3. The van der Waals surface area contributed by atoms with Crippen LogP contribution < -0.4 is 14.9 Å². The molecule has 0 aromatic heterocycles. The van der Waals surface area contributed by atoms with Crippen molar-refractivity contribution in [3.05, 3.63) is 59.1 Å². The Kier molecular flexibility index (Phi) is 8.88. The Hall–Kier alpha value is -2.58. The molecule has 0 radical (unpaired) electrons. The van der Waals surface area contributed by atoms with E-state index in [-0.39, 0.29) is 30.8 Å². The smallest absolute Gasteiger partial charge is 0.253 e. The highest BCUT2D eigenvalue weighted by Gasteiger charge is 2.18. The number of carbonyl (C=O) groups excluding carboxylic acids is 2. The normalized spacial score (nSPS) is 12.1. The lowest BCUT2D eigenvalue weighted by Crippen LogP contribution is -2.33. The number of amides is 2. The maximum Gasteiger partial charge on any atom is 0.253 e. The molecule has 0 saturated carbocycles. The van der Waals surface area contributed by atoms with Gasteiger partial charge in [-0.3, -0.25) is 13.9 Å². The highest BCUT2D eigenvalue weighted by Crippen LogP contribution is 2.21. The zero-order valence-corrected chi connectivity index (χ0v) is 19.5. The average Bonchev–Trinajstić information content (AvgIpc) is 2.71. The van der Waals surface area contributed by atoms with E-state index >= 15 is 0 Å². The van der Waals surface area contributed by atoms with Crippen LogP contribution in [-0.2, 0) is 14.8 Å². The van der Waals surface area contributed by atoms with Gasteiger partial charge in [-0.15, -0.1) is 0 Å². The Bertz CT molecular complexity index is 1010. The van der Waals surface area contributed by atoms with E-state index < -0.39 is 10.0 Å². The topological polar surface area (TPSA) is 95.6 Å². The van der Waals surface area contributed by atoms with E-state index in [1.54, 1.807) is 48.5 Å². The van der Waals surface area contributed by atoms with Crippen LogP contribution >= 0.6 is 11.6 Å². The van der Waals surface area contributed by atoms with E-state index in [1.807, 2.05) is 13.8 Å². The van der Waals surface area contributed by atoms with Gasteiger partial charge in [-0.1, -0.05) is 30.7 Å². The molecule has 0 fully saturated rings. The molecule has 31 heavy (non-hydrogen) atoms. The Morgan fingerprint density at radius 3 is 2.35 bits per heavy atom. The number of anilines is 2. The molecular weight excluding hydrogens is 438 g/mol. The van der Waals surface area contributed by atoms with E-state index in [0.29, 0.717) is 28.4 Å². The lowest BCUT2D eigenvalue weighted by atomic mass is 10.1. The molecule has 0 aliphatic carbocycles. The fourth-order valence-corrected chi connectivity index (χ4v) is 3.97. The van der Waals surface area contributed by atoms with Crippen LogP contribution in [0.2, 0.25) is 5.02 Å². The molecule has 2 N–H and O–H groups in total. The van der Waals surface area contributed by atoms with Crippen LogP contribution in [0.1, 0.15) is 43.5 Å². The quantitative estimate of drug-likeness (QED) is 0.553. The van der Waals surface area contributed by atoms with Gasteiger partial charge in [0.25, 0.3) is 5.91 Å². The standard InChI is InChI=1S/C22H28ClN3O4S/c1-4-16(2)24-22(28)19-8-5-6-9-20(19)25-21(27)10-7-15-26(31(3,29)30)18-13-11-17(23)12-14-18/h5-6,8-9,11-14,16H,4,7,10,15H2,1-3H3,(H,24,28)(H,25,27)/t16-/m0/s1. The van der Waals surface area contributed by atoms with Gasteiger partial charge in [-0.05, 0) is 56.2 Å². The van der Waals surface area contributed by atoms with E-state index in [2.05, 4.69) is 10.6 Å². The van der Waals surface area contributed by atoms with Gasteiger partial charge in [0.2, 0.25) is 15.9 Å². The van der Waals surface area contributed by atoms with Gasteiger partial charge in [0.1, 0.15) is 0 Å². The lowest BCUT2D eigenvalue weighted by molar-refractivity contribution is -0.116. The van der Waals surface area contributed by atoms with E-state index in [4.69, 9.17) is 11.6 Å². The third-order valence-electron chi connectivity index (χ3n) is 4.72. The number of rotatable bonds is 10. The summed E-state index contributed by atoms with van der Waals surface area (Å²) in [7, 11) is -3.51. The molecule has 2 amide bonds. The predicted octanol–water partition coefficient (Wildman–Crippen LogP) is 4.05. The second-order valence-electron chi connectivity index (χ2n) is 7.29. The second-order valence-corrected chi connectivity index (χ2v) is 9.63. The molecular formula is C22H28ClN3O4S. The number of carbonyl (C=O) groups is 2. The van der Waals surface area contributed by atoms with Gasteiger partial charge in [0, 0.05) is 24.0 Å². The fraction of sp³-hybridized carbons (Fsp3) is 0.364. The van der Waals surface area contributed by atoms with E-state index in [1.165, 1.54) is 4.31 Å². The Morgan fingerprint density at radius 1 is 1.10 bits per heavy atom. The number of hydrogen-bond acceptors (Lipinski definition) is 4. The SMILES string of the molecule is CC[C@H](C)NC(=O)c1ccccc1NC(=O)CCCN(c1ccc(Cl)cc1)S(C)(=O)=O. The molecule has 0 unspecified atom stereocenters. The number of benzene rings is 2. The minimum absolute atomic E-state index is 0.0195. The van der Waals surface area contributed by atoms with Crippen molar-refractivity contribution < 1.29 is 18.0 Å². The molecule has 2 aromatic carbocycles. The summed E-state index contributed by atoms with van der Waals surface area (Å²) in [5.74, 6) is -0.551. The summed E-state index contributed by atoms with van der Waals surface area (Å²) >= 11 is 5.88. The molecule has 0 aliphatic rings. The van der Waals surface area contributed by atoms with Crippen LogP contribution in [0.15, 0.2) is 48.5 Å². The van der Waals surface area contributed by atoms with Crippen molar-refractivity contribution in [2.75, 3.05) is 22.4 Å². The molecule has 168 valence electrons. The molecule has 0 bridgehead atoms. The van der Waals surface area contributed by atoms with Crippen molar-refractivity contribution in [2.45, 2.75) is 39.2 Å². The van der Waals surface area contributed by atoms with E-state index in [9.17, 15) is 18.0 Å². The summed E-state index contributed by atoms with van der Waals surface area (Å²) in [4.78, 5) is 24.9. The summed E-state index contributed by atoms with van der Waals surface area (Å²) in [6.07, 6.45) is 2.32. The van der Waals surface area contributed by atoms with Crippen molar-refractivity contribution in [1.82, 2.24) is 5.32 Å². The molecule has 0 spiro atoms. The predicted molar refractivity (Wildman–Crippen MR) is 125 cm³/mol. The largest absolute Gasteiger partial charge is 0.350 e. The van der Waals surface area contributed by atoms with Gasteiger partial charge in [0.15, 0.2) is 0 Å². The van der Waals surface area contributed by atoms with Crippen molar-refractivity contribution in [3.8, 4) is 0 Å². The Morgan fingerprint density at radius 2 is 1.74 bits per heavy atom. The first-order chi connectivity index (χ1) is 14.6. The number of nitrogens with zero attached hydrogens (tertiary/aromatic N) is 1. The summed E-state index contributed by atoms with van der Waals surface area (Å²) in [6.45, 7) is 4.03. The van der Waals surface area contributed by atoms with Gasteiger partial charge < -0.3 is 10.6 Å². The molecule has 0 heterocycles. The Labute approximate surface area is 188 Å². The summed E-state index contributed by atoms with van der Waals surface area (Å²) in [5.41, 5.74) is 1.29. The monoisotopic (exact) mass is 465 g/mol. The van der Waals surface area contributed by atoms with Crippen LogP contribution in [-0.4, -0.2) is 39.1 Å². The number of sulfonamides is 1. The van der Waals surface area contributed by atoms with Crippen LogP contribution in [0.5, 0.6) is 0 Å². The maximum atomic E-state index is 12.5. The Balaban J connectivity index is 2.00. The van der Waals surface area contributed by atoms with Crippen molar-refractivity contribution in [3.63, 3.8) is 0 Å². The highest BCUT2D eigenvalue weighted by molar-refractivity contribution is 7.92. The number of para-hydroxylation sites is 1. The van der Waals surface area contributed by atoms with Crippen molar-refractivity contribution in [1.29, 1.82) is 0 Å². The first kappa shape index (κ1) is 24.7. The first-order valence-electron chi connectivity index (χ1n) is 10.0. The second kappa shape index (κ2) is 11.2. The van der Waals surface area contributed by atoms with Gasteiger partial charge in [0.05, 0.1) is 23.2 Å². The van der Waals surface area contributed by atoms with Crippen LogP contribution in [0.4, 0.5) is 11.4 Å². The molecule has 2 aromatic rings. The van der Waals surface area contributed by atoms with Crippen LogP contribution in [0.3, 0.4) is 0 Å². The molecule has 0 saturated heterocycles. The molecule has 1 atom stereocenters. The van der Waals surface area contributed by atoms with Crippen LogP contribution in [0.25, 0.3) is 0 Å². The van der Waals surface area contributed by atoms with Gasteiger partial charge in [-0.25, -0.2) is 8.42 Å². The molecule has 0 aliphatic heterocycles. The maximum absolute atomic E-state index is 12.5. The lowest BCUT2D eigenvalue weighted by Gasteiger charge is -2.22. The number of nitrogens with one attached hydrogen (secondary N) is 2. The highest BCUT2D eigenvalue weighted by atomic mass is 35.5. The number of halogens is 1. The summed E-state index contributed by atoms with van der Waals surface area (Å²) < 4.78 is 25.6. The first-order valence-corrected chi connectivity index (χ1v) is 12.3. The average molecular weight is 466 g/mol. The molecule has 2 rings (SSSR count). The minimum atomic E-state index is -3.51. The van der Waals surface area contributed by atoms with Gasteiger partial charge in [-0.2, -0.15) is 0 Å².